The minimum atomic E-state index is -0.280. The number of nitrogens with zero attached hydrogens (tertiary/aromatic N) is 2. The molecule has 1 aromatic rings. The quantitative estimate of drug-likeness (QED) is 0.918. The van der Waals surface area contributed by atoms with Crippen LogP contribution in [0.5, 0.6) is 0 Å². The van der Waals surface area contributed by atoms with Gasteiger partial charge in [0.15, 0.2) is 0 Å². The van der Waals surface area contributed by atoms with Gasteiger partial charge in [0, 0.05) is 43.4 Å². The van der Waals surface area contributed by atoms with Crippen LogP contribution in [0, 0.1) is 12.3 Å². The lowest BCUT2D eigenvalue weighted by Gasteiger charge is -2.56. The highest BCUT2D eigenvalue weighted by molar-refractivity contribution is 5.78. The number of likely N-dealkylation sites (tertiary alicyclic amines) is 1. The van der Waals surface area contributed by atoms with E-state index in [0.717, 1.165) is 30.5 Å². The summed E-state index contributed by atoms with van der Waals surface area (Å²) in [4.78, 5) is 18.6. The number of hydrogen-bond donors (Lipinski definition) is 1. The van der Waals surface area contributed by atoms with Crippen molar-refractivity contribution in [1.29, 1.82) is 0 Å². The lowest BCUT2D eigenvalue weighted by molar-refractivity contribution is -0.210. The number of rotatable bonds is 4. The molecule has 0 aromatic carbocycles. The minimum absolute atomic E-state index is 0.127. The van der Waals surface area contributed by atoms with Crippen LogP contribution in [0.2, 0.25) is 0 Å². The molecule has 126 valence electrons. The maximum atomic E-state index is 12.5. The number of hydrogen-bond acceptors (Lipinski definition) is 4. The predicted molar refractivity (Wildman–Crippen MR) is 87.0 cm³/mol. The predicted octanol–water partition coefficient (Wildman–Crippen LogP) is 1.71. The van der Waals surface area contributed by atoms with Crippen molar-refractivity contribution < 1.29 is 14.6 Å². The first-order valence-corrected chi connectivity index (χ1v) is 8.54. The Labute approximate surface area is 137 Å². The Kier molecular flexibility index (Phi) is 4.69. The maximum Gasteiger partial charge on any atom is 0.227 e. The molecule has 1 saturated heterocycles. The van der Waals surface area contributed by atoms with Crippen molar-refractivity contribution in [3.8, 4) is 0 Å². The molecule has 1 spiro atoms. The molecule has 1 N–H and O–H groups in total. The number of pyridine rings is 1. The summed E-state index contributed by atoms with van der Waals surface area (Å²) in [5.74, 6) is 0.146. The molecule has 5 heteroatoms. The Morgan fingerprint density at radius 2 is 2.17 bits per heavy atom. The van der Waals surface area contributed by atoms with Crippen molar-refractivity contribution in [1.82, 2.24) is 9.88 Å². The molecule has 1 saturated carbocycles. The van der Waals surface area contributed by atoms with Crippen molar-refractivity contribution in [2.24, 2.45) is 5.41 Å². The van der Waals surface area contributed by atoms with Crippen LogP contribution in [-0.2, 0) is 16.0 Å². The fourth-order valence-corrected chi connectivity index (χ4v) is 3.88. The molecule has 2 aliphatic rings. The van der Waals surface area contributed by atoms with Crippen LogP contribution in [0.3, 0.4) is 0 Å². The number of aliphatic hydroxyl groups excluding tert-OH is 1. The average Bonchev–Trinajstić information content (AvgIpc) is 2.57. The summed E-state index contributed by atoms with van der Waals surface area (Å²) >= 11 is 0. The SMILES string of the molecule is CCO[C@@H]1C[C@H](O)C12CCN(C(=O)Cc1ccc(C)nc1)CC2. The zero-order valence-electron chi connectivity index (χ0n) is 14.0. The monoisotopic (exact) mass is 318 g/mol. The van der Waals surface area contributed by atoms with Gasteiger partial charge >= 0.3 is 0 Å². The molecule has 23 heavy (non-hydrogen) atoms. The summed E-state index contributed by atoms with van der Waals surface area (Å²) in [7, 11) is 0. The first-order chi connectivity index (χ1) is 11.0. The van der Waals surface area contributed by atoms with Crippen LogP contribution in [-0.4, -0.2) is 52.8 Å². The van der Waals surface area contributed by atoms with Gasteiger partial charge in [-0.3, -0.25) is 9.78 Å². The molecule has 2 fully saturated rings. The summed E-state index contributed by atoms with van der Waals surface area (Å²) < 4.78 is 5.77. The van der Waals surface area contributed by atoms with E-state index in [9.17, 15) is 9.90 Å². The molecule has 0 radical (unpaired) electrons. The Hall–Kier alpha value is -1.46. The molecule has 2 heterocycles. The third kappa shape index (κ3) is 3.12. The summed E-state index contributed by atoms with van der Waals surface area (Å²) in [5.41, 5.74) is 1.79. The highest BCUT2D eigenvalue weighted by Crippen LogP contribution is 2.50. The van der Waals surface area contributed by atoms with E-state index in [1.807, 2.05) is 30.9 Å². The fraction of sp³-hybridized carbons (Fsp3) is 0.667. The van der Waals surface area contributed by atoms with Gasteiger partial charge in [0.2, 0.25) is 5.91 Å². The van der Waals surface area contributed by atoms with E-state index < -0.39 is 0 Å². The molecule has 1 aromatic heterocycles. The number of amides is 1. The topological polar surface area (TPSA) is 62.7 Å². The lowest BCUT2D eigenvalue weighted by atomic mass is 9.58. The molecular weight excluding hydrogens is 292 g/mol. The zero-order valence-corrected chi connectivity index (χ0v) is 14.0. The summed E-state index contributed by atoms with van der Waals surface area (Å²) in [6.07, 6.45) is 4.44. The van der Waals surface area contributed by atoms with Gasteiger partial charge in [-0.05, 0) is 38.3 Å². The van der Waals surface area contributed by atoms with Crippen LogP contribution in [0.4, 0.5) is 0 Å². The smallest absolute Gasteiger partial charge is 0.227 e. The summed E-state index contributed by atoms with van der Waals surface area (Å²) in [6.45, 7) is 6.03. The average molecular weight is 318 g/mol. The highest BCUT2D eigenvalue weighted by atomic mass is 16.5. The molecule has 3 rings (SSSR count). The Morgan fingerprint density at radius 3 is 2.74 bits per heavy atom. The van der Waals surface area contributed by atoms with Gasteiger partial charge in [0.1, 0.15) is 0 Å². The standard InChI is InChI=1S/C18H26N2O3/c1-3-23-16-11-15(21)18(16)6-8-20(9-7-18)17(22)10-14-5-4-13(2)19-12-14/h4-5,12,15-16,21H,3,6-11H2,1-2H3/t15-,16+/m0/s1. The number of aromatic nitrogens is 1. The van der Waals surface area contributed by atoms with E-state index in [0.29, 0.717) is 26.1 Å². The normalized spacial score (nSPS) is 26.1. The van der Waals surface area contributed by atoms with Crippen LogP contribution >= 0.6 is 0 Å². The second kappa shape index (κ2) is 6.57. The Morgan fingerprint density at radius 1 is 1.43 bits per heavy atom. The van der Waals surface area contributed by atoms with Gasteiger partial charge in [0.05, 0.1) is 18.6 Å². The van der Waals surface area contributed by atoms with Gasteiger partial charge in [-0.2, -0.15) is 0 Å². The maximum absolute atomic E-state index is 12.5. The van der Waals surface area contributed by atoms with Crippen molar-refractivity contribution >= 4 is 5.91 Å². The van der Waals surface area contributed by atoms with Gasteiger partial charge in [-0.15, -0.1) is 0 Å². The summed E-state index contributed by atoms with van der Waals surface area (Å²) in [5, 5.41) is 10.2. The first kappa shape index (κ1) is 16.4. The molecule has 1 aliphatic heterocycles. The molecule has 0 unspecified atom stereocenters. The van der Waals surface area contributed by atoms with Gasteiger partial charge in [-0.1, -0.05) is 6.07 Å². The van der Waals surface area contributed by atoms with E-state index in [4.69, 9.17) is 4.74 Å². The van der Waals surface area contributed by atoms with E-state index >= 15 is 0 Å². The molecule has 2 atom stereocenters. The minimum Gasteiger partial charge on any atom is -0.392 e. The fourth-order valence-electron chi connectivity index (χ4n) is 3.88. The number of piperidine rings is 1. The van der Waals surface area contributed by atoms with Gasteiger partial charge < -0.3 is 14.7 Å². The number of carbonyl (C=O) groups is 1. The van der Waals surface area contributed by atoms with Crippen LogP contribution in [0.25, 0.3) is 0 Å². The molecule has 0 bridgehead atoms. The van der Waals surface area contributed by atoms with Crippen LogP contribution < -0.4 is 0 Å². The van der Waals surface area contributed by atoms with E-state index in [2.05, 4.69) is 4.98 Å². The number of aliphatic hydroxyl groups is 1. The van der Waals surface area contributed by atoms with Crippen molar-refractivity contribution in [2.75, 3.05) is 19.7 Å². The van der Waals surface area contributed by atoms with E-state index in [1.54, 1.807) is 6.20 Å². The largest absolute Gasteiger partial charge is 0.392 e. The first-order valence-electron chi connectivity index (χ1n) is 8.54. The number of aryl methyl sites for hydroxylation is 1. The highest BCUT2D eigenvalue weighted by Gasteiger charge is 2.56. The number of ether oxygens (including phenoxy) is 1. The van der Waals surface area contributed by atoms with Gasteiger partial charge in [0.25, 0.3) is 0 Å². The van der Waals surface area contributed by atoms with Crippen molar-refractivity contribution in [3.63, 3.8) is 0 Å². The molecule has 1 aliphatic carbocycles. The Balaban J connectivity index is 1.56. The molecule has 1 amide bonds. The van der Waals surface area contributed by atoms with Crippen molar-refractivity contribution in [2.45, 2.75) is 51.7 Å². The summed E-state index contributed by atoms with van der Waals surface area (Å²) in [6, 6.07) is 3.90. The van der Waals surface area contributed by atoms with Gasteiger partial charge in [-0.25, -0.2) is 0 Å². The second-order valence-corrected chi connectivity index (χ2v) is 6.79. The lowest BCUT2D eigenvalue weighted by Crippen LogP contribution is -2.62. The second-order valence-electron chi connectivity index (χ2n) is 6.79. The molecular formula is C18H26N2O3. The van der Waals surface area contributed by atoms with Crippen LogP contribution in [0.1, 0.15) is 37.4 Å². The van der Waals surface area contributed by atoms with Crippen LogP contribution in [0.15, 0.2) is 18.3 Å². The number of carbonyl (C=O) groups excluding carboxylic acids is 1. The van der Waals surface area contributed by atoms with E-state index in [-0.39, 0.29) is 23.5 Å². The third-order valence-electron chi connectivity index (χ3n) is 5.49. The Bertz CT molecular complexity index is 548. The van der Waals surface area contributed by atoms with E-state index in [1.165, 1.54) is 0 Å². The molecule has 5 nitrogen and oxygen atoms in total. The third-order valence-corrected chi connectivity index (χ3v) is 5.49. The van der Waals surface area contributed by atoms with Crippen molar-refractivity contribution in [3.05, 3.63) is 29.6 Å². The zero-order chi connectivity index (χ0) is 16.4.